The van der Waals surface area contributed by atoms with Gasteiger partial charge in [0.05, 0.1) is 23.8 Å². The summed E-state index contributed by atoms with van der Waals surface area (Å²) in [4.78, 5) is 15.1. The van der Waals surface area contributed by atoms with Gasteiger partial charge in [0.1, 0.15) is 5.75 Å². The molecule has 0 spiro atoms. The standard InChI is InChI=1S/C21H22N4O3/c1-28-20-7-5-17(6-8-20)16-23-11-13-24(14-12-23)21(9-10-22)18-3-2-4-19(15-18)25(26)27/h2-9,15H,11-14,16H2,1H3/b21-9-. The maximum Gasteiger partial charge on any atom is 0.270 e. The van der Waals surface area contributed by atoms with Gasteiger partial charge in [0, 0.05) is 56.5 Å². The van der Waals surface area contributed by atoms with Gasteiger partial charge in [-0.1, -0.05) is 24.3 Å². The van der Waals surface area contributed by atoms with Crippen molar-refractivity contribution in [3.63, 3.8) is 0 Å². The van der Waals surface area contributed by atoms with E-state index in [9.17, 15) is 15.4 Å². The second kappa shape index (κ2) is 9.02. The minimum absolute atomic E-state index is 0.0273. The fourth-order valence-corrected chi connectivity index (χ4v) is 3.33. The van der Waals surface area contributed by atoms with Gasteiger partial charge in [-0.05, 0) is 17.7 Å². The van der Waals surface area contributed by atoms with Crippen molar-refractivity contribution >= 4 is 11.4 Å². The minimum Gasteiger partial charge on any atom is -0.497 e. The highest BCUT2D eigenvalue weighted by Crippen LogP contribution is 2.25. The fraction of sp³-hybridized carbons (Fsp3) is 0.286. The molecule has 1 heterocycles. The number of non-ortho nitro benzene ring substituents is 1. The predicted octanol–water partition coefficient (Wildman–Crippen LogP) is 3.29. The van der Waals surface area contributed by atoms with Crippen molar-refractivity contribution in [1.82, 2.24) is 9.80 Å². The molecule has 28 heavy (non-hydrogen) atoms. The van der Waals surface area contributed by atoms with Crippen LogP contribution in [0.4, 0.5) is 5.69 Å². The molecular weight excluding hydrogens is 356 g/mol. The molecule has 2 aromatic carbocycles. The van der Waals surface area contributed by atoms with E-state index in [1.807, 2.05) is 12.1 Å². The SMILES string of the molecule is COc1ccc(CN2CCN(/C(=C\C#N)c3cccc([N+](=O)[O-])c3)CC2)cc1. The summed E-state index contributed by atoms with van der Waals surface area (Å²) in [6.45, 7) is 4.07. The van der Waals surface area contributed by atoms with E-state index >= 15 is 0 Å². The summed E-state index contributed by atoms with van der Waals surface area (Å²) in [7, 11) is 1.65. The number of piperazine rings is 1. The normalized spacial score (nSPS) is 15.1. The van der Waals surface area contributed by atoms with Crippen LogP contribution in [0.15, 0.2) is 54.6 Å². The Balaban J connectivity index is 1.66. The van der Waals surface area contributed by atoms with Crippen LogP contribution in [0.2, 0.25) is 0 Å². The molecule has 0 aromatic heterocycles. The van der Waals surface area contributed by atoms with E-state index in [1.165, 1.54) is 23.8 Å². The number of rotatable bonds is 6. The van der Waals surface area contributed by atoms with Crippen molar-refractivity contribution in [2.24, 2.45) is 0 Å². The lowest BCUT2D eigenvalue weighted by Crippen LogP contribution is -2.44. The van der Waals surface area contributed by atoms with Crippen LogP contribution >= 0.6 is 0 Å². The van der Waals surface area contributed by atoms with E-state index in [-0.39, 0.29) is 5.69 Å². The zero-order chi connectivity index (χ0) is 19.9. The highest BCUT2D eigenvalue weighted by molar-refractivity contribution is 5.68. The second-order valence-corrected chi connectivity index (χ2v) is 6.58. The van der Waals surface area contributed by atoms with Gasteiger partial charge in [-0.15, -0.1) is 0 Å². The molecular formula is C21H22N4O3. The fourth-order valence-electron chi connectivity index (χ4n) is 3.33. The largest absolute Gasteiger partial charge is 0.497 e. The van der Waals surface area contributed by atoms with Crippen molar-refractivity contribution in [3.05, 3.63) is 75.8 Å². The number of benzene rings is 2. The monoisotopic (exact) mass is 378 g/mol. The number of allylic oxidation sites excluding steroid dienone is 1. The van der Waals surface area contributed by atoms with Crippen LogP contribution in [0.1, 0.15) is 11.1 Å². The zero-order valence-corrected chi connectivity index (χ0v) is 15.7. The average Bonchev–Trinajstić information content (AvgIpc) is 2.73. The highest BCUT2D eigenvalue weighted by atomic mass is 16.6. The Morgan fingerprint density at radius 1 is 1.21 bits per heavy atom. The molecule has 1 saturated heterocycles. The number of nitro groups is 1. The van der Waals surface area contributed by atoms with E-state index < -0.39 is 4.92 Å². The Hall–Kier alpha value is -3.37. The van der Waals surface area contributed by atoms with Crippen molar-refractivity contribution in [1.29, 1.82) is 5.26 Å². The first-order chi connectivity index (χ1) is 13.6. The number of nitriles is 1. The van der Waals surface area contributed by atoms with Crippen molar-refractivity contribution in [2.45, 2.75) is 6.54 Å². The summed E-state index contributed by atoms with van der Waals surface area (Å²) < 4.78 is 5.19. The highest BCUT2D eigenvalue weighted by Gasteiger charge is 2.21. The summed E-state index contributed by atoms with van der Waals surface area (Å²) in [5.41, 5.74) is 2.68. The van der Waals surface area contributed by atoms with Gasteiger partial charge in [0.15, 0.2) is 0 Å². The number of ether oxygens (including phenoxy) is 1. The molecule has 2 aromatic rings. The van der Waals surface area contributed by atoms with E-state index in [4.69, 9.17) is 4.74 Å². The average molecular weight is 378 g/mol. The van der Waals surface area contributed by atoms with Gasteiger partial charge in [-0.3, -0.25) is 15.0 Å². The number of methoxy groups -OCH3 is 1. The number of nitro benzene ring substituents is 1. The van der Waals surface area contributed by atoms with Crippen LogP contribution in [-0.2, 0) is 6.54 Å². The Bertz CT molecular complexity index is 895. The molecule has 0 N–H and O–H groups in total. The molecule has 1 aliphatic heterocycles. The lowest BCUT2D eigenvalue weighted by Gasteiger charge is -2.37. The third-order valence-corrected chi connectivity index (χ3v) is 4.83. The molecule has 0 atom stereocenters. The predicted molar refractivity (Wildman–Crippen MR) is 107 cm³/mol. The summed E-state index contributed by atoms with van der Waals surface area (Å²) in [6, 6.07) is 16.6. The first-order valence-corrected chi connectivity index (χ1v) is 9.05. The van der Waals surface area contributed by atoms with Gasteiger partial charge in [0.25, 0.3) is 5.69 Å². The molecule has 3 rings (SSSR count). The smallest absolute Gasteiger partial charge is 0.270 e. The van der Waals surface area contributed by atoms with Gasteiger partial charge in [-0.2, -0.15) is 5.26 Å². The van der Waals surface area contributed by atoms with Crippen LogP contribution in [0.25, 0.3) is 5.70 Å². The van der Waals surface area contributed by atoms with Crippen LogP contribution in [0.5, 0.6) is 5.75 Å². The second-order valence-electron chi connectivity index (χ2n) is 6.58. The van der Waals surface area contributed by atoms with Crippen LogP contribution < -0.4 is 4.74 Å². The van der Waals surface area contributed by atoms with Gasteiger partial charge < -0.3 is 9.64 Å². The van der Waals surface area contributed by atoms with Gasteiger partial charge >= 0.3 is 0 Å². The molecule has 7 nitrogen and oxygen atoms in total. The summed E-state index contributed by atoms with van der Waals surface area (Å²) >= 11 is 0. The Morgan fingerprint density at radius 2 is 1.93 bits per heavy atom. The van der Waals surface area contributed by atoms with Crippen molar-refractivity contribution in [3.8, 4) is 11.8 Å². The lowest BCUT2D eigenvalue weighted by atomic mass is 10.1. The van der Waals surface area contributed by atoms with Crippen molar-refractivity contribution < 1.29 is 9.66 Å². The maximum absolute atomic E-state index is 11.1. The summed E-state index contributed by atoms with van der Waals surface area (Å²) in [5.74, 6) is 0.844. The van der Waals surface area contributed by atoms with Crippen molar-refractivity contribution in [2.75, 3.05) is 33.3 Å². The molecule has 1 fully saturated rings. The Morgan fingerprint density at radius 3 is 2.54 bits per heavy atom. The molecule has 0 bridgehead atoms. The molecule has 0 aliphatic carbocycles. The maximum atomic E-state index is 11.1. The molecule has 7 heteroatoms. The number of hydrogen-bond donors (Lipinski definition) is 0. The van der Waals surface area contributed by atoms with Gasteiger partial charge in [0.2, 0.25) is 0 Å². The van der Waals surface area contributed by atoms with Crippen LogP contribution in [0, 0.1) is 21.4 Å². The lowest BCUT2D eigenvalue weighted by molar-refractivity contribution is -0.384. The summed E-state index contributed by atoms with van der Waals surface area (Å²) in [6.07, 6.45) is 1.47. The molecule has 0 saturated carbocycles. The van der Waals surface area contributed by atoms with E-state index in [1.54, 1.807) is 19.2 Å². The molecule has 0 radical (unpaired) electrons. The van der Waals surface area contributed by atoms with Crippen LogP contribution in [-0.4, -0.2) is 48.0 Å². The van der Waals surface area contributed by atoms with E-state index in [0.717, 1.165) is 44.2 Å². The molecule has 0 unspecified atom stereocenters. The number of hydrogen-bond acceptors (Lipinski definition) is 6. The molecule has 144 valence electrons. The Labute approximate surface area is 164 Å². The topological polar surface area (TPSA) is 82.6 Å². The van der Waals surface area contributed by atoms with Crippen LogP contribution in [0.3, 0.4) is 0 Å². The first-order valence-electron chi connectivity index (χ1n) is 9.05. The van der Waals surface area contributed by atoms with Gasteiger partial charge in [-0.25, -0.2) is 0 Å². The quantitative estimate of drug-likeness (QED) is 0.436. The zero-order valence-electron chi connectivity index (χ0n) is 15.7. The molecule has 0 amide bonds. The van der Waals surface area contributed by atoms with E-state index in [0.29, 0.717) is 5.56 Å². The first kappa shape index (κ1) is 19.4. The third kappa shape index (κ3) is 4.67. The Kier molecular flexibility index (Phi) is 6.25. The van der Waals surface area contributed by atoms with E-state index in [2.05, 4.69) is 28.0 Å². The third-order valence-electron chi connectivity index (χ3n) is 4.83. The molecule has 1 aliphatic rings. The summed E-state index contributed by atoms with van der Waals surface area (Å²) in [5, 5.41) is 20.2. The minimum atomic E-state index is -0.416. The number of nitrogens with zero attached hydrogens (tertiary/aromatic N) is 4.